The number of nitrogens with zero attached hydrogens (tertiary/aromatic N) is 4. The van der Waals surface area contributed by atoms with Crippen molar-refractivity contribution in [3.8, 4) is 23.1 Å². The molecule has 0 atom stereocenters. The first-order valence-corrected chi connectivity index (χ1v) is 5.52. The number of aromatic amines is 1. The molecule has 0 saturated heterocycles. The Morgan fingerprint density at radius 3 is 2.67 bits per heavy atom. The second-order valence-electron chi connectivity index (χ2n) is 3.92. The Labute approximate surface area is 113 Å². The molecule has 0 saturated carbocycles. The molecule has 0 radical (unpaired) electrons. The summed E-state index contributed by atoms with van der Waals surface area (Å²) in [6, 6.07) is 2.80. The van der Waals surface area contributed by atoms with Crippen molar-refractivity contribution < 1.29 is 22.1 Å². The SMILES string of the molecule is Fc1c(-c2nc(-c3ncn[nH]3)no2)cccc1C(F)(F)F. The van der Waals surface area contributed by atoms with Gasteiger partial charge >= 0.3 is 6.18 Å². The van der Waals surface area contributed by atoms with E-state index < -0.39 is 23.1 Å². The van der Waals surface area contributed by atoms with Crippen molar-refractivity contribution in [3.63, 3.8) is 0 Å². The summed E-state index contributed by atoms with van der Waals surface area (Å²) in [6.45, 7) is 0. The van der Waals surface area contributed by atoms with Crippen molar-refractivity contribution in [2.45, 2.75) is 6.18 Å². The summed E-state index contributed by atoms with van der Waals surface area (Å²) in [5.74, 6) is -1.75. The molecule has 21 heavy (non-hydrogen) atoms. The lowest BCUT2D eigenvalue weighted by Crippen LogP contribution is -2.08. The average Bonchev–Trinajstić information content (AvgIpc) is 3.08. The molecule has 0 spiro atoms. The molecule has 0 aliphatic heterocycles. The van der Waals surface area contributed by atoms with Gasteiger partial charge in [0.15, 0.2) is 5.82 Å². The van der Waals surface area contributed by atoms with E-state index in [2.05, 4.69) is 25.3 Å². The third kappa shape index (κ3) is 2.35. The quantitative estimate of drug-likeness (QED) is 0.736. The van der Waals surface area contributed by atoms with Crippen LogP contribution in [0.1, 0.15) is 5.56 Å². The van der Waals surface area contributed by atoms with E-state index in [4.69, 9.17) is 4.52 Å². The molecular formula is C11H5F4N5O. The molecule has 0 fully saturated rings. The summed E-state index contributed by atoms with van der Waals surface area (Å²) in [7, 11) is 0. The van der Waals surface area contributed by atoms with Crippen molar-refractivity contribution in [3.05, 3.63) is 35.9 Å². The number of benzene rings is 1. The Morgan fingerprint density at radius 1 is 1.19 bits per heavy atom. The average molecular weight is 299 g/mol. The minimum Gasteiger partial charge on any atom is -0.333 e. The second-order valence-corrected chi connectivity index (χ2v) is 3.92. The summed E-state index contributed by atoms with van der Waals surface area (Å²) in [5, 5.41) is 9.51. The van der Waals surface area contributed by atoms with Crippen molar-refractivity contribution >= 4 is 0 Å². The molecule has 0 aliphatic carbocycles. The van der Waals surface area contributed by atoms with E-state index in [1.54, 1.807) is 0 Å². The van der Waals surface area contributed by atoms with Crippen LogP contribution in [0.25, 0.3) is 23.1 Å². The van der Waals surface area contributed by atoms with Crippen LogP contribution in [-0.2, 0) is 6.18 Å². The van der Waals surface area contributed by atoms with Crippen molar-refractivity contribution in [2.24, 2.45) is 0 Å². The molecule has 2 heterocycles. The Kier molecular flexibility index (Phi) is 2.92. The first kappa shape index (κ1) is 13.2. The molecule has 10 heteroatoms. The minimum absolute atomic E-state index is 0.0423. The maximum atomic E-state index is 13.9. The lowest BCUT2D eigenvalue weighted by atomic mass is 10.1. The van der Waals surface area contributed by atoms with Gasteiger partial charge in [0.25, 0.3) is 5.89 Å². The Bertz CT molecular complexity index is 765. The van der Waals surface area contributed by atoms with Crippen molar-refractivity contribution in [1.82, 2.24) is 25.3 Å². The van der Waals surface area contributed by atoms with Crippen molar-refractivity contribution in [2.75, 3.05) is 0 Å². The van der Waals surface area contributed by atoms with E-state index in [0.717, 1.165) is 12.1 Å². The standard InChI is InChI=1S/C11H5F4N5O/c12-7-5(2-1-3-6(7)11(13,14)15)10-18-9(20-21-10)8-16-4-17-19-8/h1-4H,(H,16,17,19). The fourth-order valence-electron chi connectivity index (χ4n) is 1.66. The maximum Gasteiger partial charge on any atom is 0.419 e. The number of hydrogen-bond acceptors (Lipinski definition) is 5. The number of alkyl halides is 3. The molecule has 0 aliphatic rings. The van der Waals surface area contributed by atoms with Crippen LogP contribution in [0.4, 0.5) is 17.6 Å². The highest BCUT2D eigenvalue weighted by molar-refractivity contribution is 5.58. The summed E-state index contributed by atoms with van der Waals surface area (Å²) in [6.07, 6.45) is -3.62. The van der Waals surface area contributed by atoms with Crippen LogP contribution in [0.3, 0.4) is 0 Å². The molecule has 6 nitrogen and oxygen atoms in total. The summed E-state index contributed by atoms with van der Waals surface area (Å²) < 4.78 is 56.6. The Balaban J connectivity index is 2.06. The predicted octanol–water partition coefficient (Wildman–Crippen LogP) is 2.68. The maximum absolute atomic E-state index is 13.9. The summed E-state index contributed by atoms with van der Waals surface area (Å²) in [5.41, 5.74) is -1.84. The lowest BCUT2D eigenvalue weighted by molar-refractivity contribution is -0.139. The largest absolute Gasteiger partial charge is 0.419 e. The van der Waals surface area contributed by atoms with Crippen LogP contribution in [0.2, 0.25) is 0 Å². The molecule has 3 aromatic rings. The van der Waals surface area contributed by atoms with Crippen LogP contribution in [0.15, 0.2) is 29.0 Å². The van der Waals surface area contributed by atoms with E-state index in [-0.39, 0.29) is 17.5 Å². The Morgan fingerprint density at radius 2 is 2.00 bits per heavy atom. The molecule has 0 amide bonds. The van der Waals surface area contributed by atoms with E-state index >= 15 is 0 Å². The highest BCUT2D eigenvalue weighted by Crippen LogP contribution is 2.35. The number of aromatic nitrogens is 5. The fourth-order valence-corrected chi connectivity index (χ4v) is 1.66. The molecule has 2 aromatic heterocycles. The van der Waals surface area contributed by atoms with Gasteiger partial charge in [0.05, 0.1) is 11.1 Å². The van der Waals surface area contributed by atoms with Gasteiger partial charge in [-0.2, -0.15) is 23.3 Å². The van der Waals surface area contributed by atoms with Gasteiger partial charge in [0.1, 0.15) is 12.1 Å². The molecule has 108 valence electrons. The van der Waals surface area contributed by atoms with Crippen molar-refractivity contribution in [1.29, 1.82) is 0 Å². The van der Waals surface area contributed by atoms with Gasteiger partial charge in [0, 0.05) is 0 Å². The van der Waals surface area contributed by atoms with Gasteiger partial charge in [-0.3, -0.25) is 5.10 Å². The number of halogens is 4. The smallest absolute Gasteiger partial charge is 0.333 e. The molecule has 1 N–H and O–H groups in total. The normalized spacial score (nSPS) is 11.8. The highest BCUT2D eigenvalue weighted by Gasteiger charge is 2.35. The third-order valence-electron chi connectivity index (χ3n) is 2.59. The summed E-state index contributed by atoms with van der Waals surface area (Å²) in [4.78, 5) is 7.54. The summed E-state index contributed by atoms with van der Waals surface area (Å²) >= 11 is 0. The van der Waals surface area contributed by atoms with E-state index in [1.807, 2.05) is 0 Å². The van der Waals surface area contributed by atoms with E-state index in [9.17, 15) is 17.6 Å². The van der Waals surface area contributed by atoms with Gasteiger partial charge in [-0.15, -0.1) is 0 Å². The van der Waals surface area contributed by atoms with Crippen LogP contribution in [-0.4, -0.2) is 25.3 Å². The fraction of sp³-hybridized carbons (Fsp3) is 0.0909. The minimum atomic E-state index is -4.81. The van der Waals surface area contributed by atoms with Gasteiger partial charge in [0.2, 0.25) is 5.82 Å². The first-order chi connectivity index (χ1) is 9.97. The van der Waals surface area contributed by atoms with Crippen LogP contribution in [0.5, 0.6) is 0 Å². The van der Waals surface area contributed by atoms with E-state index in [1.165, 1.54) is 6.33 Å². The highest BCUT2D eigenvalue weighted by atomic mass is 19.4. The molecule has 3 rings (SSSR count). The Hall–Kier alpha value is -2.78. The van der Waals surface area contributed by atoms with Gasteiger partial charge < -0.3 is 4.52 Å². The zero-order valence-corrected chi connectivity index (χ0v) is 10.0. The van der Waals surface area contributed by atoms with Crippen LogP contribution >= 0.6 is 0 Å². The van der Waals surface area contributed by atoms with Gasteiger partial charge in [-0.1, -0.05) is 11.2 Å². The number of nitrogens with one attached hydrogen (secondary N) is 1. The zero-order valence-electron chi connectivity index (χ0n) is 10.0. The molecule has 0 bridgehead atoms. The monoisotopic (exact) mass is 299 g/mol. The molecule has 1 aromatic carbocycles. The third-order valence-corrected chi connectivity index (χ3v) is 2.59. The topological polar surface area (TPSA) is 80.5 Å². The van der Waals surface area contributed by atoms with Gasteiger partial charge in [-0.25, -0.2) is 9.37 Å². The predicted molar refractivity (Wildman–Crippen MR) is 60.1 cm³/mol. The number of H-pyrrole nitrogens is 1. The number of hydrogen-bond donors (Lipinski definition) is 1. The van der Waals surface area contributed by atoms with Gasteiger partial charge in [-0.05, 0) is 12.1 Å². The lowest BCUT2D eigenvalue weighted by Gasteiger charge is -2.08. The van der Waals surface area contributed by atoms with Crippen LogP contribution < -0.4 is 0 Å². The first-order valence-electron chi connectivity index (χ1n) is 5.52. The second kappa shape index (κ2) is 4.65. The molecular weight excluding hydrogens is 294 g/mol. The zero-order chi connectivity index (χ0) is 15.0. The molecule has 0 unspecified atom stereocenters. The van der Waals surface area contributed by atoms with Crippen LogP contribution in [0, 0.1) is 5.82 Å². The number of rotatable bonds is 2. The van der Waals surface area contributed by atoms with E-state index in [0.29, 0.717) is 6.07 Å².